The van der Waals surface area contributed by atoms with Crippen LogP contribution in [-0.4, -0.2) is 24.8 Å². The van der Waals surface area contributed by atoms with Crippen LogP contribution in [0.1, 0.15) is 12.5 Å². The Labute approximate surface area is 105 Å². The first-order valence-corrected chi connectivity index (χ1v) is 5.74. The minimum atomic E-state index is -0.661. The van der Waals surface area contributed by atoms with Gasteiger partial charge in [0.2, 0.25) is 0 Å². The zero-order valence-corrected chi connectivity index (χ0v) is 10.4. The Balaban J connectivity index is 2.34. The van der Waals surface area contributed by atoms with E-state index in [-0.39, 0.29) is 0 Å². The van der Waals surface area contributed by atoms with E-state index in [1.807, 2.05) is 25.1 Å². The number of hydrogen-bond acceptors (Lipinski definition) is 4. The van der Waals surface area contributed by atoms with E-state index in [9.17, 15) is 4.79 Å². The molecule has 1 aromatic carbocycles. The number of para-hydroxylation sites is 1. The van der Waals surface area contributed by atoms with Crippen molar-refractivity contribution in [3.63, 3.8) is 0 Å². The highest BCUT2D eigenvalue weighted by Gasteiger charge is 2.29. The van der Waals surface area contributed by atoms with Gasteiger partial charge in [0.1, 0.15) is 0 Å². The van der Waals surface area contributed by atoms with Gasteiger partial charge in [-0.05, 0) is 25.5 Å². The molecule has 0 saturated carbocycles. The number of rotatable bonds is 2. The summed E-state index contributed by atoms with van der Waals surface area (Å²) in [6.07, 6.45) is 1.51. The van der Waals surface area contributed by atoms with Crippen LogP contribution < -0.4 is 4.42 Å². The smallest absolute Gasteiger partial charge is 0.335 e. The highest BCUT2D eigenvalue weighted by molar-refractivity contribution is 6.31. The molecule has 1 heterocycles. The molecule has 0 amide bonds. The summed E-state index contributed by atoms with van der Waals surface area (Å²) in [5, 5.41) is 0. The van der Waals surface area contributed by atoms with Crippen molar-refractivity contribution in [1.29, 1.82) is 0 Å². The van der Waals surface area contributed by atoms with Crippen molar-refractivity contribution in [1.82, 2.24) is 0 Å². The number of carbonyl (C=O) groups excluding carboxylic acids is 1. The highest BCUT2D eigenvalue weighted by atomic mass is 35.5. The molecule has 4 nitrogen and oxygen atoms in total. The molecule has 0 bridgehead atoms. The fourth-order valence-electron chi connectivity index (χ4n) is 1.72. The number of benzene rings is 1. The summed E-state index contributed by atoms with van der Waals surface area (Å²) >= 11 is 6.16. The molecule has 1 aliphatic heterocycles. The largest absolute Gasteiger partial charge is 0.464 e. The normalized spacial score (nSPS) is 17.8. The van der Waals surface area contributed by atoms with Crippen LogP contribution >= 0.6 is 11.8 Å². The number of carbonyl (C=O) groups is 1. The van der Waals surface area contributed by atoms with E-state index in [2.05, 4.69) is 4.99 Å². The van der Waals surface area contributed by atoms with Crippen LogP contribution in [0.3, 0.4) is 0 Å². The Morgan fingerprint density at radius 1 is 1.59 bits per heavy atom. The van der Waals surface area contributed by atoms with Gasteiger partial charge in [-0.25, -0.2) is 4.79 Å². The number of aliphatic imine (C=N–C) groups is 1. The number of hydrogen-bond donors (Lipinski definition) is 0. The molecule has 90 valence electrons. The summed E-state index contributed by atoms with van der Waals surface area (Å²) < 4.78 is 6.31. The van der Waals surface area contributed by atoms with Crippen LogP contribution in [0.25, 0.3) is 0 Å². The molecule has 17 heavy (non-hydrogen) atoms. The number of esters is 1. The van der Waals surface area contributed by atoms with Gasteiger partial charge in [0.15, 0.2) is 6.04 Å². The Hall–Kier alpha value is -1.55. The Morgan fingerprint density at radius 2 is 2.35 bits per heavy atom. The Bertz CT molecular complexity index is 474. The molecule has 2 rings (SSSR count). The summed E-state index contributed by atoms with van der Waals surface area (Å²) in [5.41, 5.74) is 2.54. The first-order chi connectivity index (χ1) is 8.15. The number of nitrogens with zero attached hydrogens (tertiary/aromatic N) is 2. The lowest BCUT2D eigenvalue weighted by molar-refractivity contribution is -0.142. The molecule has 1 atom stereocenters. The van der Waals surface area contributed by atoms with E-state index >= 15 is 0 Å². The molecule has 0 saturated heterocycles. The molecule has 0 fully saturated rings. The lowest BCUT2D eigenvalue weighted by atomic mass is 10.1. The lowest BCUT2D eigenvalue weighted by Gasteiger charge is -2.27. The zero-order valence-electron chi connectivity index (χ0n) is 9.68. The van der Waals surface area contributed by atoms with E-state index in [1.165, 1.54) is 10.6 Å². The maximum Gasteiger partial charge on any atom is 0.335 e. The predicted molar refractivity (Wildman–Crippen MR) is 68.1 cm³/mol. The summed E-state index contributed by atoms with van der Waals surface area (Å²) in [4.78, 5) is 15.9. The molecule has 0 aliphatic carbocycles. The van der Waals surface area contributed by atoms with Crippen molar-refractivity contribution in [2.75, 3.05) is 11.0 Å². The second-order valence-corrected chi connectivity index (χ2v) is 4.09. The third-order valence-corrected chi connectivity index (χ3v) is 2.96. The summed E-state index contributed by atoms with van der Waals surface area (Å²) in [5.74, 6) is -0.390. The first kappa shape index (κ1) is 11.9. The minimum Gasteiger partial charge on any atom is -0.464 e. The fraction of sp³-hybridized carbons (Fsp3) is 0.333. The number of fused-ring (bicyclic) bond motifs is 1. The second kappa shape index (κ2) is 4.75. The molecule has 1 aromatic rings. The molecular weight excluding hydrogens is 240 g/mol. The minimum absolute atomic E-state index is 0.328. The van der Waals surface area contributed by atoms with Gasteiger partial charge in [-0.3, -0.25) is 9.41 Å². The summed E-state index contributed by atoms with van der Waals surface area (Å²) in [6, 6.07) is 5.00. The van der Waals surface area contributed by atoms with Gasteiger partial charge in [0.25, 0.3) is 0 Å². The maximum atomic E-state index is 11.7. The quantitative estimate of drug-likeness (QED) is 0.600. The topological polar surface area (TPSA) is 41.9 Å². The average molecular weight is 253 g/mol. The van der Waals surface area contributed by atoms with Crippen molar-refractivity contribution in [3.8, 4) is 0 Å². The summed E-state index contributed by atoms with van der Waals surface area (Å²) in [7, 11) is 0. The zero-order chi connectivity index (χ0) is 12.4. The van der Waals surface area contributed by atoms with Gasteiger partial charge in [-0.1, -0.05) is 12.1 Å². The van der Waals surface area contributed by atoms with Crippen molar-refractivity contribution in [2.45, 2.75) is 19.9 Å². The van der Waals surface area contributed by atoms with Crippen LogP contribution in [0.4, 0.5) is 11.4 Å². The third kappa shape index (κ3) is 2.13. The van der Waals surface area contributed by atoms with Gasteiger partial charge >= 0.3 is 5.97 Å². The van der Waals surface area contributed by atoms with Gasteiger partial charge in [-0.2, -0.15) is 0 Å². The molecule has 1 unspecified atom stereocenters. The van der Waals surface area contributed by atoms with Gasteiger partial charge < -0.3 is 4.74 Å². The van der Waals surface area contributed by atoms with Crippen LogP contribution in [0, 0.1) is 6.92 Å². The van der Waals surface area contributed by atoms with E-state index in [0.717, 1.165) is 16.9 Å². The average Bonchev–Trinajstić information content (AvgIpc) is 2.31. The van der Waals surface area contributed by atoms with Crippen molar-refractivity contribution in [2.24, 2.45) is 4.99 Å². The van der Waals surface area contributed by atoms with Gasteiger partial charge in [0.05, 0.1) is 18.0 Å². The van der Waals surface area contributed by atoms with Crippen LogP contribution in [-0.2, 0) is 9.53 Å². The Morgan fingerprint density at radius 3 is 3.06 bits per heavy atom. The predicted octanol–water partition coefficient (Wildman–Crippen LogP) is 2.60. The number of aryl methyl sites for hydroxylation is 1. The second-order valence-electron chi connectivity index (χ2n) is 3.73. The van der Waals surface area contributed by atoms with Crippen LogP contribution in [0.15, 0.2) is 23.2 Å². The number of halogens is 1. The van der Waals surface area contributed by atoms with Crippen molar-refractivity contribution >= 4 is 35.3 Å². The Kier molecular flexibility index (Phi) is 3.33. The van der Waals surface area contributed by atoms with Crippen molar-refractivity contribution in [3.05, 3.63) is 23.8 Å². The van der Waals surface area contributed by atoms with E-state index in [4.69, 9.17) is 16.5 Å². The molecular formula is C12H13ClN2O2. The molecule has 0 radical (unpaired) electrons. The first-order valence-electron chi connectivity index (χ1n) is 5.40. The monoisotopic (exact) mass is 252 g/mol. The molecule has 0 spiro atoms. The van der Waals surface area contributed by atoms with Gasteiger partial charge in [-0.15, -0.1) is 0 Å². The maximum absolute atomic E-state index is 11.7. The van der Waals surface area contributed by atoms with Crippen molar-refractivity contribution < 1.29 is 9.53 Å². The molecule has 0 aromatic heterocycles. The lowest BCUT2D eigenvalue weighted by Crippen LogP contribution is -2.39. The summed E-state index contributed by atoms with van der Waals surface area (Å²) in [6.45, 7) is 4.04. The van der Waals surface area contributed by atoms with Crippen LogP contribution in [0.5, 0.6) is 0 Å². The van der Waals surface area contributed by atoms with Crippen LogP contribution in [0.2, 0.25) is 0 Å². The fourth-order valence-corrected chi connectivity index (χ4v) is 1.98. The van der Waals surface area contributed by atoms with Gasteiger partial charge in [0, 0.05) is 18.0 Å². The number of ether oxygens (including phenoxy) is 1. The standard InChI is InChI=1S/C12H13ClN2O2/c1-3-17-12(16)10-7-14-11-8(2)5-4-6-9(11)15(10)13/h4-7,10H,3H2,1-2H3. The third-order valence-electron chi connectivity index (χ3n) is 2.56. The van der Waals surface area contributed by atoms with E-state index in [1.54, 1.807) is 6.92 Å². The highest BCUT2D eigenvalue weighted by Crippen LogP contribution is 2.36. The van der Waals surface area contributed by atoms with E-state index < -0.39 is 12.0 Å². The number of anilines is 1. The molecule has 0 N–H and O–H groups in total. The SMILES string of the molecule is CCOC(=O)C1C=Nc2c(C)cccc2N1Cl. The molecule has 5 heteroatoms. The van der Waals surface area contributed by atoms with E-state index in [0.29, 0.717) is 6.61 Å². The molecule has 1 aliphatic rings.